The molecule has 0 spiro atoms. The summed E-state index contributed by atoms with van der Waals surface area (Å²) in [6, 6.07) is 4.00. The molecule has 13 heteroatoms. The van der Waals surface area contributed by atoms with Crippen LogP contribution in [0, 0.1) is 0 Å². The SMILES string of the molecule is O=c1c(O)c(-c2ccc(O)c(O)c2)oc2c(O)c(O[C@@H]3O[C@H](CO)[C@H](O)[C@H](O)[C@H]3O)cc(O)c12. The summed E-state index contributed by atoms with van der Waals surface area (Å²) in [6.45, 7) is -0.739. The Balaban J connectivity index is 1.83. The standard InChI is InChI=1S/C21H20O13/c22-5-11-13(26)16(29)18(31)21(33-11)32-10-4-9(25)12-15(28)17(30)19(34-20(12)14(10)27)6-1-2-7(23)8(24)3-6/h1-4,11,13,16,18,21-27,29-31H,5H2/t11-,13+,16+,18-,21-/m1/s1. The molecule has 1 saturated heterocycles. The maximum atomic E-state index is 12.7. The van der Waals surface area contributed by atoms with Crippen molar-refractivity contribution >= 4 is 11.0 Å². The van der Waals surface area contributed by atoms with Crippen molar-refractivity contribution in [3.63, 3.8) is 0 Å². The predicted octanol–water partition coefficient (Wildman–Crippen LogP) is -0.833. The molecule has 182 valence electrons. The van der Waals surface area contributed by atoms with Crippen LogP contribution in [0.4, 0.5) is 0 Å². The number of hydrogen-bond donors (Lipinski definition) is 9. The fourth-order valence-corrected chi connectivity index (χ4v) is 3.54. The van der Waals surface area contributed by atoms with Gasteiger partial charge in [-0.2, -0.15) is 0 Å². The van der Waals surface area contributed by atoms with Gasteiger partial charge in [-0.15, -0.1) is 0 Å². The van der Waals surface area contributed by atoms with Crippen LogP contribution in [0.1, 0.15) is 0 Å². The summed E-state index contributed by atoms with van der Waals surface area (Å²) >= 11 is 0. The second kappa shape index (κ2) is 8.55. The second-order valence-corrected chi connectivity index (χ2v) is 7.57. The normalized spacial score (nSPS) is 24.9. The number of benzene rings is 2. The molecule has 0 unspecified atom stereocenters. The second-order valence-electron chi connectivity index (χ2n) is 7.57. The van der Waals surface area contributed by atoms with Crippen molar-refractivity contribution in [2.45, 2.75) is 30.7 Å². The van der Waals surface area contributed by atoms with Gasteiger partial charge in [-0.1, -0.05) is 0 Å². The summed E-state index contributed by atoms with van der Waals surface area (Å²) in [4.78, 5) is 12.7. The fourth-order valence-electron chi connectivity index (χ4n) is 3.54. The van der Waals surface area contributed by atoms with Gasteiger partial charge in [0.25, 0.3) is 0 Å². The van der Waals surface area contributed by atoms with Gasteiger partial charge in [0.05, 0.1) is 6.61 Å². The highest BCUT2D eigenvalue weighted by Gasteiger charge is 2.45. The van der Waals surface area contributed by atoms with Crippen LogP contribution in [-0.4, -0.2) is 83.3 Å². The minimum Gasteiger partial charge on any atom is -0.507 e. The van der Waals surface area contributed by atoms with Gasteiger partial charge in [0, 0.05) is 11.6 Å². The molecule has 2 aromatic carbocycles. The van der Waals surface area contributed by atoms with E-state index >= 15 is 0 Å². The van der Waals surface area contributed by atoms with E-state index in [9.17, 15) is 50.8 Å². The van der Waals surface area contributed by atoms with Crippen LogP contribution in [0.2, 0.25) is 0 Å². The number of phenols is 4. The van der Waals surface area contributed by atoms with Gasteiger partial charge in [0.1, 0.15) is 35.6 Å². The Hall–Kier alpha value is -3.75. The molecule has 1 fully saturated rings. The van der Waals surface area contributed by atoms with Crippen molar-refractivity contribution in [2.24, 2.45) is 0 Å². The van der Waals surface area contributed by atoms with E-state index in [-0.39, 0.29) is 5.56 Å². The minimum absolute atomic E-state index is 0.0639. The van der Waals surface area contributed by atoms with Gasteiger partial charge < -0.3 is 59.8 Å². The summed E-state index contributed by atoms with van der Waals surface area (Å²) < 4.78 is 16.0. The molecule has 0 saturated carbocycles. The first kappa shape index (κ1) is 23.4. The van der Waals surface area contributed by atoms with E-state index in [2.05, 4.69) is 0 Å². The van der Waals surface area contributed by atoms with Crippen molar-refractivity contribution in [3.05, 3.63) is 34.5 Å². The Morgan fingerprint density at radius 1 is 0.853 bits per heavy atom. The third-order valence-corrected chi connectivity index (χ3v) is 5.39. The third-order valence-electron chi connectivity index (χ3n) is 5.39. The molecule has 0 radical (unpaired) electrons. The van der Waals surface area contributed by atoms with E-state index in [4.69, 9.17) is 13.9 Å². The quantitative estimate of drug-likeness (QED) is 0.164. The highest BCUT2D eigenvalue weighted by atomic mass is 16.7. The van der Waals surface area contributed by atoms with Crippen LogP contribution >= 0.6 is 0 Å². The predicted molar refractivity (Wildman–Crippen MR) is 111 cm³/mol. The smallest absolute Gasteiger partial charge is 0.238 e. The molecule has 34 heavy (non-hydrogen) atoms. The molecule has 1 aliphatic heterocycles. The Kier molecular flexibility index (Phi) is 5.89. The molecule has 2 heterocycles. The zero-order valence-electron chi connectivity index (χ0n) is 17.1. The van der Waals surface area contributed by atoms with E-state index in [1.807, 2.05) is 0 Å². The highest BCUT2D eigenvalue weighted by molar-refractivity contribution is 5.93. The first-order valence-corrected chi connectivity index (χ1v) is 9.79. The maximum Gasteiger partial charge on any atom is 0.238 e. The van der Waals surface area contributed by atoms with Crippen LogP contribution in [0.25, 0.3) is 22.3 Å². The lowest BCUT2D eigenvalue weighted by Gasteiger charge is -2.39. The fraction of sp³-hybridized carbons (Fsp3) is 0.286. The van der Waals surface area contributed by atoms with Crippen molar-refractivity contribution in [3.8, 4) is 45.8 Å². The number of rotatable bonds is 4. The minimum atomic E-state index is -1.84. The molecule has 1 aliphatic rings. The zero-order valence-corrected chi connectivity index (χ0v) is 17.1. The topological polar surface area (TPSA) is 231 Å². The Morgan fingerprint density at radius 2 is 1.56 bits per heavy atom. The Bertz CT molecular complexity index is 1300. The average Bonchev–Trinajstić information content (AvgIpc) is 2.81. The number of hydrogen-bond acceptors (Lipinski definition) is 13. The van der Waals surface area contributed by atoms with Crippen LogP contribution in [0.15, 0.2) is 33.5 Å². The Labute approximate surface area is 189 Å². The summed E-state index contributed by atoms with van der Waals surface area (Å²) in [5, 5.41) is 89.1. The first-order chi connectivity index (χ1) is 16.0. The van der Waals surface area contributed by atoms with Gasteiger partial charge in [0.15, 0.2) is 28.6 Å². The van der Waals surface area contributed by atoms with Crippen molar-refractivity contribution in [2.75, 3.05) is 6.61 Å². The number of phenolic OH excluding ortho intramolecular Hbond substituents is 4. The average molecular weight is 480 g/mol. The number of fused-ring (bicyclic) bond motifs is 1. The van der Waals surface area contributed by atoms with E-state index in [0.717, 1.165) is 18.2 Å². The molecule has 5 atom stereocenters. The van der Waals surface area contributed by atoms with Crippen molar-refractivity contribution in [1.82, 2.24) is 0 Å². The highest BCUT2D eigenvalue weighted by Crippen LogP contribution is 2.44. The molecule has 0 bridgehead atoms. The van der Waals surface area contributed by atoms with E-state index < -0.39 is 94.0 Å². The number of aliphatic hydroxyl groups is 4. The lowest BCUT2D eigenvalue weighted by molar-refractivity contribution is -0.277. The lowest BCUT2D eigenvalue weighted by Crippen LogP contribution is -2.60. The zero-order chi connectivity index (χ0) is 24.9. The molecule has 0 amide bonds. The van der Waals surface area contributed by atoms with Gasteiger partial charge in [-0.3, -0.25) is 4.79 Å². The molecule has 13 nitrogen and oxygen atoms in total. The lowest BCUT2D eigenvalue weighted by atomic mass is 9.99. The molecule has 1 aromatic heterocycles. The summed E-state index contributed by atoms with van der Waals surface area (Å²) in [6.07, 6.45) is -8.32. The van der Waals surface area contributed by atoms with Crippen LogP contribution < -0.4 is 10.2 Å². The van der Waals surface area contributed by atoms with Gasteiger partial charge in [-0.05, 0) is 18.2 Å². The number of ether oxygens (including phenoxy) is 2. The van der Waals surface area contributed by atoms with Gasteiger partial charge >= 0.3 is 0 Å². The maximum absolute atomic E-state index is 12.7. The van der Waals surface area contributed by atoms with E-state index in [0.29, 0.717) is 0 Å². The molecule has 9 N–H and O–H groups in total. The monoisotopic (exact) mass is 480 g/mol. The number of aliphatic hydroxyl groups excluding tert-OH is 4. The molecule has 3 aromatic rings. The number of aromatic hydroxyl groups is 5. The Morgan fingerprint density at radius 3 is 2.21 bits per heavy atom. The summed E-state index contributed by atoms with van der Waals surface area (Å²) in [5.41, 5.74) is -1.85. The molecule has 0 aliphatic carbocycles. The van der Waals surface area contributed by atoms with E-state index in [1.165, 1.54) is 6.07 Å². The molecular weight excluding hydrogens is 460 g/mol. The summed E-state index contributed by atoms with van der Waals surface area (Å²) in [5.74, 6) is -4.80. The van der Waals surface area contributed by atoms with Gasteiger partial charge in [-0.25, -0.2) is 0 Å². The van der Waals surface area contributed by atoms with Crippen molar-refractivity contribution in [1.29, 1.82) is 0 Å². The first-order valence-electron chi connectivity index (χ1n) is 9.79. The van der Waals surface area contributed by atoms with Crippen LogP contribution in [0.3, 0.4) is 0 Å². The van der Waals surface area contributed by atoms with Gasteiger partial charge in [0.2, 0.25) is 23.2 Å². The molecule has 4 rings (SSSR count). The van der Waals surface area contributed by atoms with E-state index in [1.54, 1.807) is 0 Å². The van der Waals surface area contributed by atoms with Crippen LogP contribution in [0.5, 0.6) is 34.5 Å². The third kappa shape index (κ3) is 3.70. The molecular formula is C21H20O13. The van der Waals surface area contributed by atoms with Crippen LogP contribution in [-0.2, 0) is 4.74 Å². The largest absolute Gasteiger partial charge is 0.507 e. The summed E-state index contributed by atoms with van der Waals surface area (Å²) in [7, 11) is 0. The van der Waals surface area contributed by atoms with Crippen molar-refractivity contribution < 1.29 is 59.8 Å².